The molecule has 0 amide bonds. The fourth-order valence-electron chi connectivity index (χ4n) is 2.55. The van der Waals surface area contributed by atoms with Crippen molar-refractivity contribution in [3.8, 4) is 0 Å². The molecule has 18 heavy (non-hydrogen) atoms. The second-order valence-electron chi connectivity index (χ2n) is 4.61. The Bertz CT molecular complexity index is 609. The smallest absolute Gasteiger partial charge is 0.227 e. The lowest BCUT2D eigenvalue weighted by atomic mass is 10.1. The van der Waals surface area contributed by atoms with Crippen molar-refractivity contribution in [1.29, 1.82) is 0 Å². The van der Waals surface area contributed by atoms with Gasteiger partial charge in [-0.25, -0.2) is 0 Å². The minimum Gasteiger partial charge on any atom is -0.372 e. The molecule has 1 fully saturated rings. The van der Waals surface area contributed by atoms with E-state index in [1.807, 2.05) is 12.1 Å². The van der Waals surface area contributed by atoms with Crippen LogP contribution in [0.25, 0.3) is 10.9 Å². The van der Waals surface area contributed by atoms with Crippen LogP contribution in [0.4, 0.5) is 5.69 Å². The average Bonchev–Trinajstić information content (AvgIpc) is 3.06. The van der Waals surface area contributed by atoms with Crippen LogP contribution >= 0.6 is 0 Å². The summed E-state index contributed by atoms with van der Waals surface area (Å²) in [5.41, 5.74) is 2.48. The minimum absolute atomic E-state index is 0.366. The molecule has 0 saturated carbocycles. The van der Waals surface area contributed by atoms with E-state index in [0.29, 0.717) is 11.8 Å². The maximum atomic E-state index is 11.5. The van der Waals surface area contributed by atoms with Crippen LogP contribution in [0, 0.1) is 0 Å². The lowest BCUT2D eigenvalue weighted by Gasteiger charge is -2.17. The predicted molar refractivity (Wildman–Crippen MR) is 70.1 cm³/mol. The zero-order valence-corrected chi connectivity index (χ0v) is 9.98. The summed E-state index contributed by atoms with van der Waals surface area (Å²) in [6.45, 7) is 2.12. The third kappa shape index (κ3) is 1.70. The normalized spacial score (nSPS) is 15.2. The first-order chi connectivity index (χ1) is 8.79. The quantitative estimate of drug-likeness (QED) is 0.509. The Hall–Kier alpha value is -2.10. The zero-order valence-electron chi connectivity index (χ0n) is 9.98. The first-order valence-electron chi connectivity index (χ1n) is 6.15. The maximum Gasteiger partial charge on any atom is 0.227 e. The number of hydrogen-bond acceptors (Lipinski definition) is 3. The summed E-state index contributed by atoms with van der Waals surface area (Å²) in [6, 6.07) is 6.01. The van der Waals surface area contributed by atoms with Crippen molar-refractivity contribution in [3.63, 3.8) is 0 Å². The second kappa shape index (κ2) is 4.29. The number of ketones is 1. The standard InChI is InChI=1S/C14H14N2O2/c17-9-14(18)12-8-15-13-4-3-10(7-11(12)13)16-5-1-2-6-16/h3-4,7-9,15H,1-2,5-6H2. The lowest BCUT2D eigenvalue weighted by Crippen LogP contribution is -2.17. The van der Waals surface area contributed by atoms with Crippen LogP contribution < -0.4 is 4.90 Å². The zero-order chi connectivity index (χ0) is 12.5. The van der Waals surface area contributed by atoms with Gasteiger partial charge in [0, 0.05) is 35.9 Å². The van der Waals surface area contributed by atoms with Gasteiger partial charge < -0.3 is 9.88 Å². The average molecular weight is 242 g/mol. The van der Waals surface area contributed by atoms with Crippen molar-refractivity contribution < 1.29 is 9.59 Å². The lowest BCUT2D eigenvalue weighted by molar-refractivity contribution is -0.104. The van der Waals surface area contributed by atoms with Gasteiger partial charge in [0.05, 0.1) is 5.56 Å². The topological polar surface area (TPSA) is 53.2 Å². The number of rotatable bonds is 3. The van der Waals surface area contributed by atoms with Crippen molar-refractivity contribution in [2.45, 2.75) is 12.8 Å². The molecule has 1 aliphatic heterocycles. The van der Waals surface area contributed by atoms with Crippen LogP contribution in [0.2, 0.25) is 0 Å². The van der Waals surface area contributed by atoms with Crippen LogP contribution in [0.5, 0.6) is 0 Å². The molecule has 0 spiro atoms. The van der Waals surface area contributed by atoms with E-state index >= 15 is 0 Å². The van der Waals surface area contributed by atoms with Gasteiger partial charge in [-0.05, 0) is 31.0 Å². The van der Waals surface area contributed by atoms with Crippen molar-refractivity contribution in [2.24, 2.45) is 0 Å². The molecule has 2 aromatic rings. The van der Waals surface area contributed by atoms with Crippen molar-refractivity contribution in [2.75, 3.05) is 18.0 Å². The molecule has 0 unspecified atom stereocenters. The molecular formula is C14H14N2O2. The number of H-pyrrole nitrogens is 1. The predicted octanol–water partition coefficient (Wildman–Crippen LogP) is 2.15. The molecule has 0 atom stereocenters. The monoisotopic (exact) mass is 242 g/mol. The Morgan fingerprint density at radius 3 is 2.78 bits per heavy atom. The van der Waals surface area contributed by atoms with E-state index in [4.69, 9.17) is 0 Å². The van der Waals surface area contributed by atoms with Gasteiger partial charge in [0.1, 0.15) is 0 Å². The summed E-state index contributed by atoms with van der Waals surface area (Å²) in [6.07, 6.45) is 4.40. The molecule has 3 rings (SSSR count). The largest absolute Gasteiger partial charge is 0.372 e. The highest BCUT2D eigenvalue weighted by atomic mass is 16.2. The molecule has 4 nitrogen and oxygen atoms in total. The van der Waals surface area contributed by atoms with Gasteiger partial charge in [0.2, 0.25) is 5.78 Å². The number of nitrogens with zero attached hydrogens (tertiary/aromatic N) is 1. The molecule has 1 aromatic carbocycles. The Labute approximate surface area is 105 Å². The summed E-state index contributed by atoms with van der Waals surface area (Å²) in [7, 11) is 0. The van der Waals surface area contributed by atoms with E-state index in [2.05, 4.69) is 16.0 Å². The Kier molecular flexibility index (Phi) is 2.63. The number of Topliss-reactive ketones (excluding diaryl/α,β-unsaturated/α-hetero) is 1. The summed E-state index contributed by atoms with van der Waals surface area (Å²) < 4.78 is 0. The summed E-state index contributed by atoms with van der Waals surface area (Å²) >= 11 is 0. The van der Waals surface area contributed by atoms with Crippen LogP contribution in [0.1, 0.15) is 23.2 Å². The summed E-state index contributed by atoms with van der Waals surface area (Å²) in [5.74, 6) is -0.472. The number of aromatic amines is 1. The van der Waals surface area contributed by atoms with Gasteiger partial charge in [-0.3, -0.25) is 9.59 Å². The molecule has 0 bridgehead atoms. The minimum atomic E-state index is -0.472. The van der Waals surface area contributed by atoms with Crippen LogP contribution in [-0.4, -0.2) is 30.1 Å². The highest BCUT2D eigenvalue weighted by Gasteiger charge is 2.15. The number of anilines is 1. The Morgan fingerprint density at radius 2 is 2.06 bits per heavy atom. The van der Waals surface area contributed by atoms with Crippen molar-refractivity contribution in [3.05, 3.63) is 30.0 Å². The number of carbonyl (C=O) groups is 2. The van der Waals surface area contributed by atoms with Gasteiger partial charge in [0.25, 0.3) is 0 Å². The SMILES string of the molecule is O=CC(=O)c1c[nH]c2ccc(N3CCCC3)cc12. The number of aldehydes is 1. The van der Waals surface area contributed by atoms with Crippen LogP contribution in [-0.2, 0) is 4.79 Å². The maximum absolute atomic E-state index is 11.5. The number of carbonyl (C=O) groups excluding carboxylic acids is 2. The van der Waals surface area contributed by atoms with Gasteiger partial charge >= 0.3 is 0 Å². The molecule has 92 valence electrons. The molecule has 0 radical (unpaired) electrons. The van der Waals surface area contributed by atoms with E-state index in [9.17, 15) is 9.59 Å². The third-order valence-electron chi connectivity index (χ3n) is 3.51. The molecule has 1 N–H and O–H groups in total. The molecular weight excluding hydrogens is 228 g/mol. The number of aromatic nitrogens is 1. The van der Waals surface area contributed by atoms with Gasteiger partial charge in [0.15, 0.2) is 6.29 Å². The summed E-state index contributed by atoms with van der Waals surface area (Å²) in [5, 5.41) is 0.830. The van der Waals surface area contributed by atoms with Gasteiger partial charge in [-0.15, -0.1) is 0 Å². The number of fused-ring (bicyclic) bond motifs is 1. The Balaban J connectivity index is 2.08. The first kappa shape index (κ1) is 11.0. The van der Waals surface area contributed by atoms with E-state index in [1.165, 1.54) is 12.8 Å². The van der Waals surface area contributed by atoms with E-state index in [-0.39, 0.29) is 0 Å². The number of hydrogen-bond donors (Lipinski definition) is 1. The fraction of sp³-hybridized carbons (Fsp3) is 0.286. The van der Waals surface area contributed by atoms with E-state index in [0.717, 1.165) is 29.7 Å². The molecule has 1 saturated heterocycles. The number of benzene rings is 1. The molecule has 4 heteroatoms. The van der Waals surface area contributed by atoms with Gasteiger partial charge in [-0.1, -0.05) is 0 Å². The fourth-order valence-corrected chi connectivity index (χ4v) is 2.55. The third-order valence-corrected chi connectivity index (χ3v) is 3.51. The highest BCUT2D eigenvalue weighted by Crippen LogP contribution is 2.27. The second-order valence-corrected chi connectivity index (χ2v) is 4.61. The molecule has 0 aliphatic carbocycles. The van der Waals surface area contributed by atoms with Crippen LogP contribution in [0.3, 0.4) is 0 Å². The Morgan fingerprint density at radius 1 is 1.28 bits per heavy atom. The molecule has 2 heterocycles. The highest BCUT2D eigenvalue weighted by molar-refractivity contribution is 6.36. The van der Waals surface area contributed by atoms with E-state index in [1.54, 1.807) is 6.20 Å². The van der Waals surface area contributed by atoms with Crippen molar-refractivity contribution >= 4 is 28.7 Å². The van der Waals surface area contributed by atoms with Gasteiger partial charge in [-0.2, -0.15) is 0 Å². The van der Waals surface area contributed by atoms with Crippen LogP contribution in [0.15, 0.2) is 24.4 Å². The van der Waals surface area contributed by atoms with Crippen molar-refractivity contribution in [1.82, 2.24) is 4.98 Å². The number of nitrogens with one attached hydrogen (secondary N) is 1. The van der Waals surface area contributed by atoms with E-state index < -0.39 is 5.78 Å². The molecule has 1 aliphatic rings. The molecule has 1 aromatic heterocycles. The summed E-state index contributed by atoms with van der Waals surface area (Å²) in [4.78, 5) is 27.5. The first-order valence-corrected chi connectivity index (χ1v) is 6.15.